The van der Waals surface area contributed by atoms with E-state index in [-0.39, 0.29) is 11.0 Å². The minimum atomic E-state index is -1.75. The number of rotatable bonds is 7. The Bertz CT molecular complexity index is 631. The number of hydrogen-bond acceptors (Lipinski definition) is 3. The number of ether oxygens (including phenoxy) is 1. The Morgan fingerprint density at radius 2 is 1.87 bits per heavy atom. The van der Waals surface area contributed by atoms with Gasteiger partial charge in [0.25, 0.3) is 0 Å². The van der Waals surface area contributed by atoms with Crippen molar-refractivity contribution >= 4 is 14.3 Å². The van der Waals surface area contributed by atoms with Gasteiger partial charge in [-0.25, -0.2) is 4.79 Å². The fraction of sp³-hybridized carbons (Fsp3) is 0.808. The van der Waals surface area contributed by atoms with Crippen molar-refractivity contribution in [1.29, 1.82) is 0 Å². The maximum Gasteiger partial charge on any atom is 0.330 e. The summed E-state index contributed by atoms with van der Waals surface area (Å²) in [7, 11) is -0.342. The fourth-order valence-electron chi connectivity index (χ4n) is 5.73. The molecular formula is C26H46O3Si. The third kappa shape index (κ3) is 5.88. The lowest BCUT2D eigenvalue weighted by Gasteiger charge is -2.56. The van der Waals surface area contributed by atoms with Gasteiger partial charge in [0.05, 0.1) is 7.11 Å². The number of carbonyl (C=O) groups excluding carboxylic acids is 1. The van der Waals surface area contributed by atoms with Crippen LogP contribution in [-0.2, 0) is 14.0 Å². The van der Waals surface area contributed by atoms with E-state index < -0.39 is 8.32 Å². The first-order chi connectivity index (χ1) is 13.9. The molecule has 30 heavy (non-hydrogen) atoms. The van der Waals surface area contributed by atoms with E-state index >= 15 is 0 Å². The number of fused-ring (bicyclic) bond motifs is 1. The third-order valence-electron chi connectivity index (χ3n) is 8.50. The van der Waals surface area contributed by atoms with Crippen molar-refractivity contribution in [2.24, 2.45) is 23.2 Å². The zero-order chi connectivity index (χ0) is 22.6. The normalized spacial score (nSPS) is 31.7. The van der Waals surface area contributed by atoms with Crippen LogP contribution in [0, 0.1) is 23.2 Å². The SMILES string of the molecule is COC(=O)C=CC=CCC(C)[C@H]1CCC[C@H]2[C@@H](O[Si](C)(C)C(C)(C)C)CCC[C@]12C. The molecule has 2 fully saturated rings. The summed E-state index contributed by atoms with van der Waals surface area (Å²) in [6, 6.07) is 0. The summed E-state index contributed by atoms with van der Waals surface area (Å²) in [6.07, 6.45) is 16.8. The first-order valence-corrected chi connectivity index (χ1v) is 14.9. The van der Waals surface area contributed by atoms with Gasteiger partial charge in [0.1, 0.15) is 0 Å². The maximum absolute atomic E-state index is 11.2. The van der Waals surface area contributed by atoms with Gasteiger partial charge in [-0.15, -0.1) is 0 Å². The molecule has 0 saturated heterocycles. The number of esters is 1. The van der Waals surface area contributed by atoms with Gasteiger partial charge in [-0.3, -0.25) is 0 Å². The molecule has 0 heterocycles. The first-order valence-electron chi connectivity index (χ1n) is 12.0. The van der Waals surface area contributed by atoms with E-state index in [1.54, 1.807) is 6.08 Å². The third-order valence-corrected chi connectivity index (χ3v) is 13.0. The maximum atomic E-state index is 11.2. The van der Waals surface area contributed by atoms with Gasteiger partial charge in [0.15, 0.2) is 8.32 Å². The first kappa shape index (κ1) is 25.4. The second-order valence-corrected chi connectivity index (χ2v) is 16.2. The lowest BCUT2D eigenvalue weighted by Crippen LogP contribution is -2.54. The molecule has 3 nitrogen and oxygen atoms in total. The minimum absolute atomic E-state index is 0.269. The van der Waals surface area contributed by atoms with Crippen LogP contribution in [0.4, 0.5) is 0 Å². The van der Waals surface area contributed by atoms with Gasteiger partial charge in [0.2, 0.25) is 0 Å². The summed E-state index contributed by atoms with van der Waals surface area (Å²) in [6.45, 7) is 16.9. The van der Waals surface area contributed by atoms with Crippen molar-refractivity contribution < 1.29 is 14.0 Å². The molecule has 2 saturated carbocycles. The van der Waals surface area contributed by atoms with Crippen LogP contribution in [0.15, 0.2) is 24.3 Å². The Morgan fingerprint density at radius 3 is 2.50 bits per heavy atom. The van der Waals surface area contributed by atoms with Crippen molar-refractivity contribution in [2.45, 2.75) is 104 Å². The molecule has 0 aliphatic heterocycles. The molecule has 2 aliphatic carbocycles. The van der Waals surface area contributed by atoms with E-state index in [0.29, 0.717) is 23.4 Å². The highest BCUT2D eigenvalue weighted by atomic mass is 28.4. The number of carbonyl (C=O) groups is 1. The molecule has 1 unspecified atom stereocenters. The largest absolute Gasteiger partial charge is 0.466 e. The Balaban J connectivity index is 2.08. The molecule has 0 spiro atoms. The van der Waals surface area contributed by atoms with Gasteiger partial charge in [-0.1, -0.05) is 65.7 Å². The Labute approximate surface area is 186 Å². The molecule has 0 N–H and O–H groups in total. The van der Waals surface area contributed by atoms with E-state index in [4.69, 9.17) is 4.43 Å². The molecule has 0 aromatic heterocycles. The predicted molar refractivity (Wildman–Crippen MR) is 129 cm³/mol. The molecule has 0 aromatic carbocycles. The number of hydrogen-bond donors (Lipinski definition) is 0. The Hall–Kier alpha value is -0.873. The second-order valence-electron chi connectivity index (χ2n) is 11.5. The summed E-state index contributed by atoms with van der Waals surface area (Å²) >= 11 is 0. The van der Waals surface area contributed by atoms with E-state index in [2.05, 4.69) is 58.5 Å². The molecule has 4 heteroatoms. The highest BCUT2D eigenvalue weighted by Crippen LogP contribution is 2.57. The van der Waals surface area contributed by atoms with Crippen molar-refractivity contribution in [3.63, 3.8) is 0 Å². The van der Waals surface area contributed by atoms with Gasteiger partial charge in [-0.05, 0) is 73.4 Å². The van der Waals surface area contributed by atoms with Crippen LogP contribution < -0.4 is 0 Å². The number of allylic oxidation sites excluding steroid dienone is 3. The zero-order valence-corrected chi connectivity index (χ0v) is 21.8. The van der Waals surface area contributed by atoms with E-state index in [9.17, 15) is 4.79 Å². The fourth-order valence-corrected chi connectivity index (χ4v) is 7.12. The van der Waals surface area contributed by atoms with Crippen LogP contribution in [0.3, 0.4) is 0 Å². The van der Waals surface area contributed by atoms with Crippen molar-refractivity contribution in [3.05, 3.63) is 24.3 Å². The quantitative estimate of drug-likeness (QED) is 0.182. The van der Waals surface area contributed by atoms with E-state index in [0.717, 1.165) is 12.3 Å². The van der Waals surface area contributed by atoms with Crippen molar-refractivity contribution in [3.8, 4) is 0 Å². The molecule has 2 aliphatic rings. The summed E-state index contributed by atoms with van der Waals surface area (Å²) in [4.78, 5) is 11.2. The van der Waals surface area contributed by atoms with Gasteiger partial charge in [0, 0.05) is 12.2 Å². The highest BCUT2D eigenvalue weighted by Gasteiger charge is 2.52. The van der Waals surface area contributed by atoms with Crippen LogP contribution in [0.5, 0.6) is 0 Å². The Morgan fingerprint density at radius 1 is 1.17 bits per heavy atom. The average Bonchev–Trinajstić information content (AvgIpc) is 2.65. The van der Waals surface area contributed by atoms with Crippen LogP contribution in [0.1, 0.15) is 79.6 Å². The molecule has 0 amide bonds. The molecular weight excluding hydrogens is 388 g/mol. The Kier molecular flexibility index (Phi) is 8.60. The second kappa shape index (κ2) is 10.2. The van der Waals surface area contributed by atoms with Gasteiger partial charge < -0.3 is 9.16 Å². The average molecular weight is 435 g/mol. The molecule has 5 atom stereocenters. The van der Waals surface area contributed by atoms with Crippen molar-refractivity contribution in [1.82, 2.24) is 0 Å². The van der Waals surface area contributed by atoms with E-state index in [1.165, 1.54) is 51.7 Å². The van der Waals surface area contributed by atoms with Crippen LogP contribution in [-0.4, -0.2) is 27.5 Å². The predicted octanol–water partition coefficient (Wildman–Crippen LogP) is 7.29. The molecule has 172 valence electrons. The van der Waals surface area contributed by atoms with E-state index in [1.807, 2.05) is 6.08 Å². The van der Waals surface area contributed by atoms with Crippen molar-refractivity contribution in [2.75, 3.05) is 7.11 Å². The van der Waals surface area contributed by atoms with Crippen LogP contribution >= 0.6 is 0 Å². The summed E-state index contributed by atoms with van der Waals surface area (Å²) in [5.41, 5.74) is 0.388. The number of methoxy groups -OCH3 is 1. The van der Waals surface area contributed by atoms with Crippen LogP contribution in [0.25, 0.3) is 0 Å². The highest BCUT2D eigenvalue weighted by molar-refractivity contribution is 6.74. The molecule has 2 rings (SSSR count). The topological polar surface area (TPSA) is 35.5 Å². The minimum Gasteiger partial charge on any atom is -0.466 e. The summed E-state index contributed by atoms with van der Waals surface area (Å²) in [5.74, 6) is 1.79. The van der Waals surface area contributed by atoms with Crippen LogP contribution in [0.2, 0.25) is 18.1 Å². The molecule has 0 radical (unpaired) electrons. The van der Waals surface area contributed by atoms with Gasteiger partial charge in [-0.2, -0.15) is 0 Å². The molecule has 0 aromatic rings. The molecule has 0 bridgehead atoms. The summed E-state index contributed by atoms with van der Waals surface area (Å²) < 4.78 is 11.7. The lowest BCUT2D eigenvalue weighted by atomic mass is 9.52. The monoisotopic (exact) mass is 434 g/mol. The standard InChI is InChI=1S/C26H46O3Si/c1-20(14-10-9-11-18-24(27)28-6)21-15-12-16-22-23(17-13-19-26(21,22)5)29-30(7,8)25(2,3)4/h9-11,18,20-23H,12-17,19H2,1-8H3/t20?,21-,22+,23+,26-/m1/s1. The smallest absolute Gasteiger partial charge is 0.330 e. The lowest BCUT2D eigenvalue weighted by molar-refractivity contribution is -0.134. The van der Waals surface area contributed by atoms with Gasteiger partial charge >= 0.3 is 5.97 Å². The summed E-state index contributed by atoms with van der Waals surface area (Å²) in [5, 5.41) is 0.269. The zero-order valence-electron chi connectivity index (χ0n) is 20.8.